The van der Waals surface area contributed by atoms with Crippen molar-refractivity contribution in [1.29, 1.82) is 0 Å². The van der Waals surface area contributed by atoms with E-state index < -0.39 is 0 Å². The first-order valence-electron chi connectivity index (χ1n) is 9.86. The second-order valence-electron chi connectivity index (χ2n) is 6.89. The van der Waals surface area contributed by atoms with E-state index in [2.05, 4.69) is 20.8 Å². The molecule has 0 radical (unpaired) electrons. The Hall–Kier alpha value is -4.46. The molecule has 0 unspecified atom stereocenters. The highest BCUT2D eigenvalue weighted by Crippen LogP contribution is 2.20. The van der Waals surface area contributed by atoms with Gasteiger partial charge in [-0.3, -0.25) is 9.59 Å². The minimum atomic E-state index is -0.257. The van der Waals surface area contributed by atoms with Crippen LogP contribution in [0.2, 0.25) is 0 Å². The first-order valence-corrected chi connectivity index (χ1v) is 9.86. The molecule has 2 N–H and O–H groups in total. The van der Waals surface area contributed by atoms with Crippen molar-refractivity contribution in [1.82, 2.24) is 10.2 Å². The van der Waals surface area contributed by atoms with Crippen LogP contribution in [0.15, 0.2) is 83.3 Å². The van der Waals surface area contributed by atoms with Crippen molar-refractivity contribution in [3.05, 3.63) is 90.3 Å². The van der Waals surface area contributed by atoms with Crippen molar-refractivity contribution in [3.63, 3.8) is 0 Å². The van der Waals surface area contributed by atoms with Gasteiger partial charge in [0.1, 0.15) is 5.75 Å². The largest absolute Gasteiger partial charge is 0.484 e. The fourth-order valence-corrected chi connectivity index (χ4v) is 2.90. The number of carbonyl (C=O) groups excluding carboxylic acids is 2. The van der Waals surface area contributed by atoms with Gasteiger partial charge in [-0.05, 0) is 60.7 Å². The van der Waals surface area contributed by atoms with Crippen LogP contribution in [0.4, 0.5) is 11.4 Å². The first-order chi connectivity index (χ1) is 15.6. The van der Waals surface area contributed by atoms with Gasteiger partial charge in [0.05, 0.1) is 0 Å². The minimum Gasteiger partial charge on any atom is -0.484 e. The second-order valence-corrected chi connectivity index (χ2v) is 6.89. The van der Waals surface area contributed by atoms with Crippen molar-refractivity contribution < 1.29 is 18.7 Å². The van der Waals surface area contributed by atoms with Crippen molar-refractivity contribution in [3.8, 4) is 17.2 Å². The Balaban J connectivity index is 1.31. The lowest BCUT2D eigenvalue weighted by Gasteiger charge is -2.08. The number of nitrogens with zero attached hydrogens (tertiary/aromatic N) is 2. The molecule has 3 aromatic carbocycles. The molecule has 1 aromatic heterocycles. The van der Waals surface area contributed by atoms with Crippen molar-refractivity contribution in [2.75, 3.05) is 10.6 Å². The van der Waals surface area contributed by atoms with E-state index in [1.807, 2.05) is 30.3 Å². The molecule has 0 fully saturated rings. The standard InChI is InChI=1S/C24H20N4O4/c1-16(29)25-19-9-7-17(8-10-19)23(30)26-20-11-13-21(14-12-20)31-15-22-27-28-24(32-22)18-5-3-2-4-6-18/h2-14H,15H2,1H3,(H,25,29)(H,26,30). The van der Waals surface area contributed by atoms with E-state index in [0.717, 1.165) is 5.56 Å². The zero-order chi connectivity index (χ0) is 22.3. The highest BCUT2D eigenvalue weighted by Gasteiger charge is 2.10. The number of ether oxygens (including phenoxy) is 1. The lowest BCUT2D eigenvalue weighted by Crippen LogP contribution is -2.12. The van der Waals surface area contributed by atoms with Gasteiger partial charge in [0.15, 0.2) is 6.61 Å². The summed E-state index contributed by atoms with van der Waals surface area (Å²) in [6.45, 7) is 1.56. The van der Waals surface area contributed by atoms with E-state index in [-0.39, 0.29) is 18.4 Å². The van der Waals surface area contributed by atoms with Crippen LogP contribution in [0.25, 0.3) is 11.5 Å². The molecule has 0 spiro atoms. The average molecular weight is 428 g/mol. The highest BCUT2D eigenvalue weighted by atomic mass is 16.5. The molecular formula is C24H20N4O4. The molecule has 2 amide bonds. The van der Waals surface area contributed by atoms with E-state index >= 15 is 0 Å². The Morgan fingerprint density at radius 2 is 1.50 bits per heavy atom. The summed E-state index contributed by atoms with van der Waals surface area (Å²) in [7, 11) is 0. The molecular weight excluding hydrogens is 408 g/mol. The molecule has 0 aliphatic carbocycles. The number of hydrogen-bond donors (Lipinski definition) is 2. The maximum absolute atomic E-state index is 12.4. The molecule has 8 nitrogen and oxygen atoms in total. The maximum Gasteiger partial charge on any atom is 0.255 e. The van der Waals surface area contributed by atoms with Crippen molar-refractivity contribution >= 4 is 23.2 Å². The van der Waals surface area contributed by atoms with Crippen LogP contribution in [0, 0.1) is 0 Å². The predicted molar refractivity (Wildman–Crippen MR) is 119 cm³/mol. The zero-order valence-corrected chi connectivity index (χ0v) is 17.2. The molecule has 0 aliphatic rings. The molecule has 0 atom stereocenters. The summed E-state index contributed by atoms with van der Waals surface area (Å²) in [6.07, 6.45) is 0. The van der Waals surface area contributed by atoms with E-state index in [1.165, 1.54) is 6.92 Å². The highest BCUT2D eigenvalue weighted by molar-refractivity contribution is 6.04. The van der Waals surface area contributed by atoms with Gasteiger partial charge in [-0.2, -0.15) is 0 Å². The number of benzene rings is 3. The Kier molecular flexibility index (Phi) is 6.22. The van der Waals surface area contributed by atoms with E-state index in [9.17, 15) is 9.59 Å². The van der Waals surface area contributed by atoms with Crippen LogP contribution >= 0.6 is 0 Å². The fraction of sp³-hybridized carbons (Fsp3) is 0.0833. The van der Waals surface area contributed by atoms with Crippen LogP contribution in [0.5, 0.6) is 5.75 Å². The van der Waals surface area contributed by atoms with E-state index in [1.54, 1.807) is 48.5 Å². The summed E-state index contributed by atoms with van der Waals surface area (Å²) in [5, 5.41) is 13.5. The normalized spacial score (nSPS) is 10.4. The van der Waals surface area contributed by atoms with Gasteiger partial charge in [0.2, 0.25) is 11.8 Å². The number of aromatic nitrogens is 2. The molecule has 8 heteroatoms. The van der Waals surface area contributed by atoms with E-state index in [4.69, 9.17) is 9.15 Å². The minimum absolute atomic E-state index is 0.131. The third-order valence-corrected chi connectivity index (χ3v) is 4.43. The van der Waals surface area contributed by atoms with Crippen LogP contribution < -0.4 is 15.4 Å². The molecule has 4 rings (SSSR count). The Morgan fingerprint density at radius 1 is 0.844 bits per heavy atom. The van der Waals surface area contributed by atoms with Gasteiger partial charge in [-0.15, -0.1) is 10.2 Å². The lowest BCUT2D eigenvalue weighted by atomic mass is 10.2. The average Bonchev–Trinajstić information content (AvgIpc) is 3.28. The fourth-order valence-electron chi connectivity index (χ4n) is 2.90. The summed E-state index contributed by atoms with van der Waals surface area (Å²) in [5.74, 6) is 0.978. The summed E-state index contributed by atoms with van der Waals surface area (Å²) in [6, 6.07) is 23.1. The predicted octanol–water partition coefficient (Wildman–Crippen LogP) is 4.53. The van der Waals surface area contributed by atoms with Crippen LogP contribution in [0.3, 0.4) is 0 Å². The Bertz CT molecular complexity index is 1200. The molecule has 0 bridgehead atoms. The molecule has 32 heavy (non-hydrogen) atoms. The maximum atomic E-state index is 12.4. The van der Waals surface area contributed by atoms with Gasteiger partial charge in [-0.25, -0.2) is 0 Å². The number of carbonyl (C=O) groups is 2. The van der Waals surface area contributed by atoms with Gasteiger partial charge >= 0.3 is 0 Å². The molecule has 4 aromatic rings. The van der Waals surface area contributed by atoms with Crippen LogP contribution in [-0.4, -0.2) is 22.0 Å². The summed E-state index contributed by atoms with van der Waals surface area (Å²) in [5.41, 5.74) is 2.58. The van der Waals surface area contributed by atoms with Gasteiger partial charge < -0.3 is 19.8 Å². The van der Waals surface area contributed by atoms with Gasteiger partial charge in [0, 0.05) is 29.4 Å². The molecule has 1 heterocycles. The number of rotatable bonds is 7. The van der Waals surface area contributed by atoms with Crippen molar-refractivity contribution in [2.45, 2.75) is 13.5 Å². The van der Waals surface area contributed by atoms with Gasteiger partial charge in [-0.1, -0.05) is 18.2 Å². The smallest absolute Gasteiger partial charge is 0.255 e. The summed E-state index contributed by atoms with van der Waals surface area (Å²) >= 11 is 0. The topological polar surface area (TPSA) is 106 Å². The van der Waals surface area contributed by atoms with Crippen LogP contribution in [0.1, 0.15) is 23.2 Å². The number of hydrogen-bond acceptors (Lipinski definition) is 6. The number of amides is 2. The first kappa shape index (κ1) is 20.8. The molecule has 0 saturated carbocycles. The molecule has 0 aliphatic heterocycles. The quantitative estimate of drug-likeness (QED) is 0.448. The monoisotopic (exact) mass is 428 g/mol. The Morgan fingerprint density at radius 3 is 2.19 bits per heavy atom. The summed E-state index contributed by atoms with van der Waals surface area (Å²) in [4.78, 5) is 23.5. The number of nitrogens with one attached hydrogen (secondary N) is 2. The third kappa shape index (κ3) is 5.37. The number of anilines is 2. The van der Waals surface area contributed by atoms with E-state index in [0.29, 0.717) is 34.5 Å². The second kappa shape index (κ2) is 9.57. The Labute approximate surface area is 184 Å². The zero-order valence-electron chi connectivity index (χ0n) is 17.2. The SMILES string of the molecule is CC(=O)Nc1ccc(C(=O)Nc2ccc(OCc3nnc(-c4ccccc4)o3)cc2)cc1. The van der Waals surface area contributed by atoms with Gasteiger partial charge in [0.25, 0.3) is 11.8 Å². The van der Waals surface area contributed by atoms with Crippen molar-refractivity contribution in [2.24, 2.45) is 0 Å². The third-order valence-electron chi connectivity index (χ3n) is 4.43. The molecule has 160 valence electrons. The van der Waals surface area contributed by atoms with Crippen LogP contribution in [-0.2, 0) is 11.4 Å². The lowest BCUT2D eigenvalue weighted by molar-refractivity contribution is -0.114. The summed E-state index contributed by atoms with van der Waals surface area (Å²) < 4.78 is 11.3. The molecule has 0 saturated heterocycles.